The van der Waals surface area contributed by atoms with Crippen LogP contribution in [0.1, 0.15) is 0 Å². The Bertz CT molecular complexity index is 503. The van der Waals surface area contributed by atoms with Gasteiger partial charge in [0, 0.05) is 6.07 Å². The number of hydrogen-bond acceptors (Lipinski definition) is 2. The lowest BCUT2D eigenvalue weighted by atomic mass is 10.2. The van der Waals surface area contributed by atoms with Crippen molar-refractivity contribution in [2.75, 3.05) is 23.3 Å². The maximum Gasteiger partial charge on any atom is 0.405 e. The molecule has 0 fully saturated rings. The summed E-state index contributed by atoms with van der Waals surface area (Å²) in [4.78, 5) is 12.1. The van der Waals surface area contributed by atoms with Crippen molar-refractivity contribution in [2.24, 2.45) is 0 Å². The summed E-state index contributed by atoms with van der Waals surface area (Å²) in [6, 6.07) is 2.20. The van der Waals surface area contributed by atoms with Gasteiger partial charge in [-0.05, 0) is 22.0 Å². The molecule has 1 aliphatic rings. The number of hydrogen-bond donors (Lipinski definition) is 1. The first kappa shape index (κ1) is 13.1. The summed E-state index contributed by atoms with van der Waals surface area (Å²) in [5.74, 6) is -1.25. The molecule has 1 aromatic rings. The molecule has 0 aliphatic carbocycles. The first-order valence-corrected chi connectivity index (χ1v) is 5.66. The predicted octanol–water partition coefficient (Wildman–Crippen LogP) is 2.91. The summed E-state index contributed by atoms with van der Waals surface area (Å²) >= 11 is 2.90. The molecule has 0 unspecified atom stereocenters. The Labute approximate surface area is 108 Å². The maximum atomic E-state index is 13.3. The Morgan fingerprint density at radius 3 is 2.67 bits per heavy atom. The largest absolute Gasteiger partial charge is 0.405 e. The van der Waals surface area contributed by atoms with Crippen LogP contribution in [-0.4, -0.2) is 25.2 Å². The van der Waals surface area contributed by atoms with E-state index in [1.807, 2.05) is 0 Å². The van der Waals surface area contributed by atoms with Gasteiger partial charge in [-0.15, -0.1) is 0 Å². The van der Waals surface area contributed by atoms with Gasteiger partial charge >= 0.3 is 6.18 Å². The molecule has 8 heteroatoms. The Morgan fingerprint density at radius 2 is 2.06 bits per heavy atom. The topological polar surface area (TPSA) is 32.3 Å². The number of nitrogens with zero attached hydrogens (tertiary/aromatic N) is 1. The Kier molecular flexibility index (Phi) is 3.22. The second-order valence-electron chi connectivity index (χ2n) is 3.80. The number of amides is 1. The van der Waals surface area contributed by atoms with Crippen molar-refractivity contribution in [3.05, 3.63) is 22.4 Å². The average molecular weight is 327 g/mol. The monoisotopic (exact) mass is 326 g/mol. The van der Waals surface area contributed by atoms with Crippen LogP contribution in [0, 0.1) is 5.82 Å². The highest BCUT2D eigenvalue weighted by Gasteiger charge is 2.34. The molecule has 1 aliphatic heterocycles. The second kappa shape index (κ2) is 4.42. The minimum atomic E-state index is -4.43. The van der Waals surface area contributed by atoms with Crippen molar-refractivity contribution in [2.45, 2.75) is 6.18 Å². The Morgan fingerprint density at radius 1 is 1.39 bits per heavy atom. The van der Waals surface area contributed by atoms with Crippen molar-refractivity contribution in [1.82, 2.24) is 0 Å². The van der Waals surface area contributed by atoms with Crippen LogP contribution in [0.4, 0.5) is 28.9 Å². The second-order valence-corrected chi connectivity index (χ2v) is 4.66. The van der Waals surface area contributed by atoms with E-state index in [1.54, 1.807) is 0 Å². The fraction of sp³-hybridized carbons (Fsp3) is 0.300. The van der Waals surface area contributed by atoms with Gasteiger partial charge in [-0.3, -0.25) is 4.79 Å². The van der Waals surface area contributed by atoms with Crippen molar-refractivity contribution >= 4 is 33.2 Å². The highest BCUT2D eigenvalue weighted by molar-refractivity contribution is 9.10. The number of nitrogens with one attached hydrogen (secondary N) is 1. The van der Waals surface area contributed by atoms with Gasteiger partial charge in [0.2, 0.25) is 5.91 Å². The minimum Gasteiger partial charge on any atom is -0.351 e. The number of fused-ring (bicyclic) bond motifs is 1. The van der Waals surface area contributed by atoms with Crippen LogP contribution in [0.25, 0.3) is 0 Å². The normalized spacial score (nSPS) is 15.4. The number of anilines is 2. The molecule has 0 aromatic heterocycles. The molecule has 18 heavy (non-hydrogen) atoms. The lowest BCUT2D eigenvalue weighted by Crippen LogP contribution is -2.43. The van der Waals surface area contributed by atoms with Gasteiger partial charge in [-0.25, -0.2) is 4.39 Å². The quantitative estimate of drug-likeness (QED) is 0.805. The molecular formula is C10H7BrF4N2O. The summed E-state index contributed by atoms with van der Waals surface area (Å²) < 4.78 is 50.5. The summed E-state index contributed by atoms with van der Waals surface area (Å²) in [5.41, 5.74) is 0.177. The van der Waals surface area contributed by atoms with E-state index < -0.39 is 31.0 Å². The zero-order valence-electron chi connectivity index (χ0n) is 8.81. The molecule has 3 nitrogen and oxygen atoms in total. The molecule has 2 rings (SSSR count). The fourth-order valence-corrected chi connectivity index (χ4v) is 2.04. The van der Waals surface area contributed by atoms with Crippen LogP contribution in [0.2, 0.25) is 0 Å². The molecule has 0 saturated carbocycles. The molecule has 1 heterocycles. The summed E-state index contributed by atoms with van der Waals surface area (Å²) in [7, 11) is 0. The predicted molar refractivity (Wildman–Crippen MR) is 61.0 cm³/mol. The Hall–Kier alpha value is -1.31. The van der Waals surface area contributed by atoms with Gasteiger partial charge in [0.05, 0.1) is 22.4 Å². The average Bonchev–Trinajstić information content (AvgIpc) is 2.18. The number of carbonyl (C=O) groups is 1. The molecule has 1 amide bonds. The SMILES string of the molecule is O=C1CN(CC(F)(F)F)c2cc(Br)c(F)cc2N1. The van der Waals surface area contributed by atoms with E-state index in [9.17, 15) is 22.4 Å². The molecule has 1 N–H and O–H groups in total. The number of alkyl halides is 3. The zero-order chi connectivity index (χ0) is 13.5. The zero-order valence-corrected chi connectivity index (χ0v) is 10.4. The number of halogens is 5. The van der Waals surface area contributed by atoms with Crippen LogP contribution in [-0.2, 0) is 4.79 Å². The number of rotatable bonds is 1. The first-order chi connectivity index (χ1) is 8.26. The molecule has 0 radical (unpaired) electrons. The summed E-state index contributed by atoms with van der Waals surface area (Å²) in [6.07, 6.45) is -4.43. The Balaban J connectivity index is 2.41. The standard InChI is InChI=1S/C10H7BrF4N2O/c11-5-1-8-7(2-6(5)12)16-9(18)3-17(8)4-10(13,14)15/h1-2H,3-4H2,(H,16,18). The van der Waals surface area contributed by atoms with Crippen LogP contribution in [0.5, 0.6) is 0 Å². The number of benzene rings is 1. The summed E-state index contributed by atoms with van der Waals surface area (Å²) in [6.45, 7) is -1.67. The van der Waals surface area contributed by atoms with Gasteiger partial charge in [-0.1, -0.05) is 0 Å². The number of carbonyl (C=O) groups excluding carboxylic acids is 1. The smallest absolute Gasteiger partial charge is 0.351 e. The fourth-order valence-electron chi connectivity index (χ4n) is 1.70. The van der Waals surface area contributed by atoms with Gasteiger partial charge < -0.3 is 10.2 Å². The van der Waals surface area contributed by atoms with Crippen LogP contribution in [0.3, 0.4) is 0 Å². The van der Waals surface area contributed by atoms with E-state index in [1.165, 1.54) is 6.07 Å². The lowest BCUT2D eigenvalue weighted by molar-refractivity contribution is -0.122. The van der Waals surface area contributed by atoms with Gasteiger partial charge in [0.1, 0.15) is 12.4 Å². The van der Waals surface area contributed by atoms with Crippen molar-refractivity contribution in [3.8, 4) is 0 Å². The van der Waals surface area contributed by atoms with Crippen molar-refractivity contribution in [1.29, 1.82) is 0 Å². The molecule has 98 valence electrons. The van der Waals surface area contributed by atoms with Crippen molar-refractivity contribution in [3.63, 3.8) is 0 Å². The van der Waals surface area contributed by atoms with Gasteiger partial charge in [-0.2, -0.15) is 13.2 Å². The van der Waals surface area contributed by atoms with Crippen LogP contribution in [0.15, 0.2) is 16.6 Å². The van der Waals surface area contributed by atoms with E-state index in [0.29, 0.717) is 0 Å². The molecule has 1 aromatic carbocycles. The van der Waals surface area contributed by atoms with E-state index in [2.05, 4.69) is 21.2 Å². The van der Waals surface area contributed by atoms with Crippen LogP contribution >= 0.6 is 15.9 Å². The van der Waals surface area contributed by atoms with Crippen molar-refractivity contribution < 1.29 is 22.4 Å². The molecule has 0 bridgehead atoms. The van der Waals surface area contributed by atoms with E-state index in [-0.39, 0.29) is 15.8 Å². The lowest BCUT2D eigenvalue weighted by Gasteiger charge is -2.31. The minimum absolute atomic E-state index is 0.0381. The highest BCUT2D eigenvalue weighted by Crippen LogP contribution is 2.35. The van der Waals surface area contributed by atoms with E-state index >= 15 is 0 Å². The summed E-state index contributed by atoms with van der Waals surface area (Å²) in [5, 5.41) is 2.33. The first-order valence-electron chi connectivity index (χ1n) is 4.87. The third-order valence-corrected chi connectivity index (χ3v) is 2.97. The van der Waals surface area contributed by atoms with E-state index in [4.69, 9.17) is 0 Å². The van der Waals surface area contributed by atoms with E-state index in [0.717, 1.165) is 11.0 Å². The van der Waals surface area contributed by atoms with Gasteiger partial charge in [0.25, 0.3) is 0 Å². The third-order valence-electron chi connectivity index (χ3n) is 2.36. The third kappa shape index (κ3) is 2.74. The van der Waals surface area contributed by atoms with Crippen LogP contribution < -0.4 is 10.2 Å². The molecular weight excluding hydrogens is 320 g/mol. The van der Waals surface area contributed by atoms with Gasteiger partial charge in [0.15, 0.2) is 0 Å². The molecule has 0 atom stereocenters. The molecule has 0 saturated heterocycles. The maximum absolute atomic E-state index is 13.3. The molecule has 0 spiro atoms. The highest BCUT2D eigenvalue weighted by atomic mass is 79.9.